The lowest BCUT2D eigenvalue weighted by molar-refractivity contribution is 0.661. The van der Waals surface area contributed by atoms with Crippen LogP contribution in [0.2, 0.25) is 0 Å². The summed E-state index contributed by atoms with van der Waals surface area (Å²) in [7, 11) is 0. The summed E-state index contributed by atoms with van der Waals surface area (Å²) in [5.74, 6) is 0. The lowest BCUT2D eigenvalue weighted by atomic mass is 9.81. The topological polar surface area (TPSA) is 8.17 Å². The Morgan fingerprint density at radius 1 is 0.415 bits per heavy atom. The number of hydrogen-bond donors (Lipinski definition) is 0. The number of para-hydroxylation sites is 2. The van der Waals surface area contributed by atoms with Crippen molar-refractivity contribution in [2.45, 2.75) is 19.3 Å². The zero-order chi connectivity index (χ0) is 35.5. The number of rotatable bonds is 6. The molecule has 0 amide bonds. The monoisotopic (exact) mass is 678 g/mol. The van der Waals surface area contributed by atoms with Gasteiger partial charge in [0.2, 0.25) is 0 Å². The second-order valence-corrected chi connectivity index (χ2v) is 14.6. The lowest BCUT2D eigenvalue weighted by Gasteiger charge is -2.32. The molecule has 1 heterocycles. The van der Waals surface area contributed by atoms with E-state index in [1.807, 2.05) is 0 Å². The van der Waals surface area contributed by atoms with Gasteiger partial charge in [0, 0.05) is 33.2 Å². The van der Waals surface area contributed by atoms with Gasteiger partial charge in [-0.3, -0.25) is 0 Å². The van der Waals surface area contributed by atoms with Gasteiger partial charge < -0.3 is 9.47 Å². The first kappa shape index (κ1) is 31.1. The van der Waals surface area contributed by atoms with E-state index in [0.717, 1.165) is 11.4 Å². The van der Waals surface area contributed by atoms with Crippen LogP contribution in [0.4, 0.5) is 17.1 Å². The standard InChI is InChI=1S/C51H38N2/c1-51(2)45-23-11-9-19-42(45)43-22-14-26-48(50(43)51)52(39-31-27-36(28-32-39)35-15-5-3-6-16-35)40-33-29-37(30-34-40)41-21-13-25-47-49(41)44-20-10-12-24-46(44)53(47)38-17-7-4-8-18-38/h3-34H,1-2H3. The Bertz CT molecular complexity index is 2770. The number of fused-ring (bicyclic) bond motifs is 6. The van der Waals surface area contributed by atoms with Crippen molar-refractivity contribution in [3.8, 4) is 39.1 Å². The molecule has 1 aliphatic rings. The van der Waals surface area contributed by atoms with Crippen LogP contribution in [0.5, 0.6) is 0 Å². The third kappa shape index (κ3) is 4.94. The van der Waals surface area contributed by atoms with Gasteiger partial charge in [0.05, 0.1) is 16.7 Å². The number of hydrogen-bond acceptors (Lipinski definition) is 1. The Hall–Kier alpha value is -6.64. The molecule has 8 aromatic carbocycles. The summed E-state index contributed by atoms with van der Waals surface area (Å²) in [6.45, 7) is 4.74. The van der Waals surface area contributed by atoms with E-state index in [2.05, 4.69) is 217 Å². The largest absolute Gasteiger partial charge is 0.310 e. The van der Waals surface area contributed by atoms with Gasteiger partial charge in [0.25, 0.3) is 0 Å². The zero-order valence-electron chi connectivity index (χ0n) is 29.9. The van der Waals surface area contributed by atoms with Gasteiger partial charge in [-0.2, -0.15) is 0 Å². The second-order valence-electron chi connectivity index (χ2n) is 14.6. The summed E-state index contributed by atoms with van der Waals surface area (Å²) >= 11 is 0. The number of nitrogens with zero attached hydrogens (tertiary/aromatic N) is 2. The van der Waals surface area contributed by atoms with Gasteiger partial charge in [0.15, 0.2) is 0 Å². The molecular weight excluding hydrogens is 641 g/mol. The summed E-state index contributed by atoms with van der Waals surface area (Å²) in [6, 6.07) is 70.7. The molecule has 0 fully saturated rings. The van der Waals surface area contributed by atoms with Crippen molar-refractivity contribution in [1.29, 1.82) is 0 Å². The third-order valence-corrected chi connectivity index (χ3v) is 11.2. The predicted molar refractivity (Wildman–Crippen MR) is 224 cm³/mol. The highest BCUT2D eigenvalue weighted by molar-refractivity contribution is 6.15. The quantitative estimate of drug-likeness (QED) is 0.170. The first-order chi connectivity index (χ1) is 26.1. The minimum Gasteiger partial charge on any atom is -0.310 e. The maximum absolute atomic E-state index is 2.45. The minimum atomic E-state index is -0.159. The van der Waals surface area contributed by atoms with Gasteiger partial charge in [-0.1, -0.05) is 153 Å². The van der Waals surface area contributed by atoms with Crippen LogP contribution >= 0.6 is 0 Å². The van der Waals surface area contributed by atoms with Crippen LogP contribution in [0.15, 0.2) is 194 Å². The van der Waals surface area contributed by atoms with Crippen LogP contribution in [0.25, 0.3) is 60.9 Å². The molecule has 2 nitrogen and oxygen atoms in total. The van der Waals surface area contributed by atoms with Crippen molar-refractivity contribution in [1.82, 2.24) is 4.57 Å². The molecule has 1 aromatic heterocycles. The van der Waals surface area contributed by atoms with E-state index in [9.17, 15) is 0 Å². The van der Waals surface area contributed by atoms with E-state index in [-0.39, 0.29) is 5.41 Å². The van der Waals surface area contributed by atoms with Gasteiger partial charge in [0.1, 0.15) is 0 Å². The molecule has 9 aromatic rings. The average Bonchev–Trinajstić information content (AvgIpc) is 3.68. The van der Waals surface area contributed by atoms with E-state index >= 15 is 0 Å². The zero-order valence-corrected chi connectivity index (χ0v) is 29.9. The van der Waals surface area contributed by atoms with Crippen molar-refractivity contribution in [2.24, 2.45) is 0 Å². The number of anilines is 3. The molecule has 0 radical (unpaired) electrons. The SMILES string of the molecule is CC1(C)c2ccccc2-c2cccc(N(c3ccc(-c4ccccc4)cc3)c3ccc(-c4cccc5c4c4ccccc4n5-c4ccccc4)cc3)c21. The lowest BCUT2D eigenvalue weighted by Crippen LogP contribution is -2.20. The van der Waals surface area contributed by atoms with Crippen LogP contribution in [-0.2, 0) is 5.41 Å². The molecular formula is C51H38N2. The molecule has 0 aliphatic heterocycles. The highest BCUT2D eigenvalue weighted by Gasteiger charge is 2.38. The van der Waals surface area contributed by atoms with Crippen molar-refractivity contribution < 1.29 is 0 Å². The Morgan fingerprint density at radius 3 is 1.72 bits per heavy atom. The fraction of sp³-hybridized carbons (Fsp3) is 0.0588. The molecule has 0 bridgehead atoms. The smallest absolute Gasteiger partial charge is 0.0547 e. The Balaban J connectivity index is 1.14. The number of benzene rings is 8. The van der Waals surface area contributed by atoms with E-state index in [1.165, 1.54) is 77.7 Å². The van der Waals surface area contributed by atoms with Gasteiger partial charge in [-0.05, 0) is 99.1 Å². The highest BCUT2D eigenvalue weighted by Crippen LogP contribution is 2.54. The maximum Gasteiger partial charge on any atom is 0.0547 e. The predicted octanol–water partition coefficient (Wildman–Crippen LogP) is 13.9. The van der Waals surface area contributed by atoms with Crippen molar-refractivity contribution in [2.75, 3.05) is 4.90 Å². The van der Waals surface area contributed by atoms with Crippen LogP contribution in [-0.4, -0.2) is 4.57 Å². The van der Waals surface area contributed by atoms with Crippen LogP contribution in [0.1, 0.15) is 25.0 Å². The normalized spacial score (nSPS) is 12.9. The molecule has 1 aliphatic carbocycles. The average molecular weight is 679 g/mol. The Morgan fingerprint density at radius 2 is 0.962 bits per heavy atom. The molecule has 252 valence electrons. The second kappa shape index (κ2) is 12.3. The molecule has 2 heteroatoms. The fourth-order valence-electron chi connectivity index (χ4n) is 8.77. The van der Waals surface area contributed by atoms with E-state index in [0.29, 0.717) is 0 Å². The van der Waals surface area contributed by atoms with Crippen LogP contribution in [0, 0.1) is 0 Å². The molecule has 10 rings (SSSR count). The molecule has 0 saturated heterocycles. The summed E-state index contributed by atoms with van der Waals surface area (Å²) in [6.07, 6.45) is 0. The van der Waals surface area contributed by atoms with E-state index in [4.69, 9.17) is 0 Å². The highest BCUT2D eigenvalue weighted by atomic mass is 15.1. The van der Waals surface area contributed by atoms with Gasteiger partial charge in [-0.15, -0.1) is 0 Å². The van der Waals surface area contributed by atoms with Crippen molar-refractivity contribution >= 4 is 38.9 Å². The molecule has 0 N–H and O–H groups in total. The minimum absolute atomic E-state index is 0.159. The Labute approximate surface area is 310 Å². The summed E-state index contributed by atoms with van der Waals surface area (Å²) in [5, 5.41) is 2.53. The van der Waals surface area contributed by atoms with E-state index < -0.39 is 0 Å². The maximum atomic E-state index is 2.45. The van der Waals surface area contributed by atoms with Crippen LogP contribution < -0.4 is 4.90 Å². The fourth-order valence-corrected chi connectivity index (χ4v) is 8.77. The molecule has 0 unspecified atom stereocenters. The first-order valence-electron chi connectivity index (χ1n) is 18.4. The molecule has 0 saturated carbocycles. The Kier molecular flexibility index (Phi) is 7.19. The van der Waals surface area contributed by atoms with Crippen molar-refractivity contribution in [3.05, 3.63) is 205 Å². The van der Waals surface area contributed by atoms with E-state index in [1.54, 1.807) is 0 Å². The van der Waals surface area contributed by atoms with Crippen LogP contribution in [0.3, 0.4) is 0 Å². The van der Waals surface area contributed by atoms with Crippen molar-refractivity contribution in [3.63, 3.8) is 0 Å². The van der Waals surface area contributed by atoms with Gasteiger partial charge >= 0.3 is 0 Å². The summed E-state index contributed by atoms with van der Waals surface area (Å²) < 4.78 is 2.39. The number of aromatic nitrogens is 1. The molecule has 53 heavy (non-hydrogen) atoms. The molecule has 0 atom stereocenters. The van der Waals surface area contributed by atoms with Gasteiger partial charge in [-0.25, -0.2) is 0 Å². The molecule has 0 spiro atoms. The summed E-state index contributed by atoms with van der Waals surface area (Å²) in [5.41, 5.74) is 17.1. The first-order valence-corrected chi connectivity index (χ1v) is 18.4. The summed E-state index contributed by atoms with van der Waals surface area (Å²) in [4.78, 5) is 2.45. The third-order valence-electron chi connectivity index (χ3n) is 11.2.